The Labute approximate surface area is 141 Å². The Bertz CT molecular complexity index is 845. The molecule has 0 unspecified atom stereocenters. The summed E-state index contributed by atoms with van der Waals surface area (Å²) >= 11 is 0. The van der Waals surface area contributed by atoms with E-state index in [1.807, 2.05) is 0 Å². The minimum atomic E-state index is -3.01. The topological polar surface area (TPSA) is 66.0 Å². The molecule has 0 atom stereocenters. The van der Waals surface area contributed by atoms with Gasteiger partial charge in [-0.2, -0.15) is 26.3 Å². The third-order valence-electron chi connectivity index (χ3n) is 2.89. The van der Waals surface area contributed by atoms with Crippen molar-refractivity contribution >= 4 is 0 Å². The van der Waals surface area contributed by atoms with Crippen molar-refractivity contribution in [2.45, 2.75) is 19.6 Å². The van der Waals surface area contributed by atoms with Crippen LogP contribution in [-0.2, 0) is 19.6 Å². The molecule has 0 amide bonds. The summed E-state index contributed by atoms with van der Waals surface area (Å²) in [4.78, 5) is 35.7. The first kappa shape index (κ1) is 22.0. The van der Waals surface area contributed by atoms with Crippen molar-refractivity contribution in [2.75, 3.05) is 0 Å². The summed E-state index contributed by atoms with van der Waals surface area (Å²) in [6.45, 7) is -5.56. The first-order valence-corrected chi connectivity index (χ1v) is 6.41. The number of rotatable bonds is 6. The van der Waals surface area contributed by atoms with Gasteiger partial charge in [-0.1, -0.05) is 0 Å². The lowest BCUT2D eigenvalue weighted by atomic mass is 10.5. The van der Waals surface area contributed by atoms with Crippen molar-refractivity contribution in [3.8, 4) is 0 Å². The number of hydrogen-bond acceptors (Lipinski definition) is 3. The van der Waals surface area contributed by atoms with Gasteiger partial charge in [-0.15, -0.1) is 0 Å². The molecule has 6 nitrogen and oxygen atoms in total. The summed E-state index contributed by atoms with van der Waals surface area (Å²) in [5.41, 5.74) is -6.04. The summed E-state index contributed by atoms with van der Waals surface area (Å²) in [5.74, 6) is -7.15. The van der Waals surface area contributed by atoms with Crippen LogP contribution in [0.4, 0.5) is 39.5 Å². The molecule has 150 valence electrons. The van der Waals surface area contributed by atoms with E-state index in [0.717, 1.165) is 0 Å². The lowest BCUT2D eigenvalue weighted by molar-refractivity contribution is 0.337. The zero-order valence-corrected chi connectivity index (χ0v) is 12.6. The highest BCUT2D eigenvalue weighted by Crippen LogP contribution is 2.12. The maximum absolute atomic E-state index is 13.0. The van der Waals surface area contributed by atoms with Gasteiger partial charge in [0, 0.05) is 0 Å². The van der Waals surface area contributed by atoms with Crippen LogP contribution < -0.4 is 17.1 Å². The van der Waals surface area contributed by atoms with Crippen LogP contribution in [0.1, 0.15) is 0 Å². The molecule has 0 spiro atoms. The van der Waals surface area contributed by atoms with E-state index in [1.54, 1.807) is 0 Å². The number of nitrogens with zero attached hydrogens (tertiary/aromatic N) is 3. The Morgan fingerprint density at radius 1 is 0.481 bits per heavy atom. The van der Waals surface area contributed by atoms with Crippen LogP contribution in [0.5, 0.6) is 0 Å². The van der Waals surface area contributed by atoms with Crippen LogP contribution in [-0.4, -0.2) is 13.7 Å². The van der Waals surface area contributed by atoms with Gasteiger partial charge in [-0.25, -0.2) is 41.3 Å². The van der Waals surface area contributed by atoms with Gasteiger partial charge in [-0.05, 0) is 0 Å². The maximum atomic E-state index is 13.0. The normalized spacial score (nSPS) is 10.6. The molecule has 0 aliphatic rings. The smallest absolute Gasteiger partial charge is 0.247 e. The quantitative estimate of drug-likeness (QED) is 0.676. The average molecular weight is 411 g/mol. The van der Waals surface area contributed by atoms with Crippen LogP contribution in [0.25, 0.3) is 0 Å². The fraction of sp³-hybridized carbons (Fsp3) is 0.250. The molecule has 1 aromatic rings. The van der Waals surface area contributed by atoms with Crippen molar-refractivity contribution in [2.24, 2.45) is 0 Å². The monoisotopic (exact) mass is 411 g/mol. The molecule has 1 aromatic heterocycles. The van der Waals surface area contributed by atoms with Crippen molar-refractivity contribution < 1.29 is 39.5 Å². The fourth-order valence-electron chi connectivity index (χ4n) is 1.68. The van der Waals surface area contributed by atoms with E-state index in [1.165, 1.54) is 0 Å². The Kier molecular flexibility index (Phi) is 7.01. The highest BCUT2D eigenvalue weighted by molar-refractivity contribution is 4.98. The van der Waals surface area contributed by atoms with Crippen LogP contribution in [0.15, 0.2) is 50.1 Å². The van der Waals surface area contributed by atoms with Gasteiger partial charge < -0.3 is 0 Å². The first-order chi connectivity index (χ1) is 12.4. The third kappa shape index (κ3) is 5.01. The molecule has 0 saturated carbocycles. The van der Waals surface area contributed by atoms with Crippen molar-refractivity contribution in [1.82, 2.24) is 13.7 Å². The van der Waals surface area contributed by atoms with Crippen molar-refractivity contribution in [1.29, 1.82) is 0 Å². The number of allylic oxidation sites excluding steroid dienone is 3. The summed E-state index contributed by atoms with van der Waals surface area (Å²) in [7, 11) is 0. The maximum Gasteiger partial charge on any atom is 0.337 e. The van der Waals surface area contributed by atoms with Gasteiger partial charge in [0.05, 0.1) is 19.6 Å². The average Bonchev–Trinajstić information content (AvgIpc) is 2.58. The molecule has 0 aliphatic heterocycles. The number of halogens is 9. The van der Waals surface area contributed by atoms with Crippen LogP contribution in [0, 0.1) is 0 Å². The molecule has 0 saturated heterocycles. The van der Waals surface area contributed by atoms with E-state index in [2.05, 4.69) is 0 Å². The van der Waals surface area contributed by atoms with Gasteiger partial charge in [0.15, 0.2) is 17.5 Å². The third-order valence-corrected chi connectivity index (χ3v) is 2.89. The van der Waals surface area contributed by atoms with E-state index >= 15 is 0 Å². The summed E-state index contributed by atoms with van der Waals surface area (Å²) in [6.07, 6.45) is -9.02. The minimum absolute atomic E-state index is 0.511. The largest absolute Gasteiger partial charge is 0.337 e. The van der Waals surface area contributed by atoms with E-state index in [4.69, 9.17) is 0 Å². The predicted molar refractivity (Wildman–Crippen MR) is 70.3 cm³/mol. The summed E-state index contributed by atoms with van der Waals surface area (Å²) < 4.78 is 111. The van der Waals surface area contributed by atoms with Crippen LogP contribution in [0.2, 0.25) is 0 Å². The summed E-state index contributed by atoms with van der Waals surface area (Å²) in [5, 5.41) is 0. The summed E-state index contributed by atoms with van der Waals surface area (Å²) in [6, 6.07) is 0. The molecule has 0 aliphatic carbocycles. The van der Waals surface area contributed by atoms with Gasteiger partial charge in [0.25, 0.3) is 0 Å². The molecule has 0 fully saturated rings. The standard InChI is InChI=1S/C12H6F9N3O3/c13-4(7(16)17)1-22-10(25)23(2-5(14)8(18)19)12(27)24(11(22)26)3-6(15)9(20)21/h1-3H2. The van der Waals surface area contributed by atoms with Gasteiger partial charge in [0.2, 0.25) is 0 Å². The Balaban J connectivity index is 3.84. The molecule has 0 radical (unpaired) electrons. The first-order valence-electron chi connectivity index (χ1n) is 6.41. The molecular formula is C12H6F9N3O3. The second-order valence-electron chi connectivity index (χ2n) is 4.60. The highest BCUT2D eigenvalue weighted by atomic mass is 19.3. The van der Waals surface area contributed by atoms with E-state index in [0.29, 0.717) is 0 Å². The molecule has 1 rings (SSSR count). The molecule has 0 bridgehead atoms. The van der Waals surface area contributed by atoms with Crippen molar-refractivity contribution in [3.63, 3.8) is 0 Å². The Hall–Kier alpha value is -3.00. The second-order valence-corrected chi connectivity index (χ2v) is 4.60. The van der Waals surface area contributed by atoms with Crippen LogP contribution >= 0.6 is 0 Å². The van der Waals surface area contributed by atoms with Crippen LogP contribution in [0.3, 0.4) is 0 Å². The molecule has 27 heavy (non-hydrogen) atoms. The number of aromatic nitrogens is 3. The predicted octanol–water partition coefficient (Wildman–Crippen LogP) is 2.40. The minimum Gasteiger partial charge on any atom is -0.247 e. The lowest BCUT2D eigenvalue weighted by Crippen LogP contribution is -2.54. The van der Waals surface area contributed by atoms with Gasteiger partial charge in [-0.3, -0.25) is 0 Å². The zero-order valence-electron chi connectivity index (χ0n) is 12.6. The molecule has 15 heteroatoms. The van der Waals surface area contributed by atoms with Crippen molar-refractivity contribution in [3.05, 3.63) is 67.2 Å². The number of hydrogen-bond donors (Lipinski definition) is 0. The van der Waals surface area contributed by atoms with Gasteiger partial charge in [0.1, 0.15) is 0 Å². The Morgan fingerprint density at radius 3 is 0.815 bits per heavy atom. The second kappa shape index (κ2) is 8.59. The van der Waals surface area contributed by atoms with E-state index in [9.17, 15) is 53.9 Å². The molecule has 0 N–H and O–H groups in total. The van der Waals surface area contributed by atoms with Gasteiger partial charge >= 0.3 is 35.3 Å². The lowest BCUT2D eigenvalue weighted by Gasteiger charge is -2.12. The fourth-order valence-corrected chi connectivity index (χ4v) is 1.68. The molecular weight excluding hydrogens is 405 g/mol. The molecule has 1 heterocycles. The molecule has 0 aromatic carbocycles. The Morgan fingerprint density at radius 2 is 0.667 bits per heavy atom. The highest BCUT2D eigenvalue weighted by Gasteiger charge is 2.21. The SMILES string of the molecule is O=c1n(CC(F)=C(F)F)c(=O)n(CC(F)=C(F)F)c(=O)n1CC(F)=C(F)F. The van der Waals surface area contributed by atoms with E-state index < -0.39 is 86.1 Å². The van der Waals surface area contributed by atoms with E-state index in [-0.39, 0.29) is 0 Å². The zero-order chi connectivity index (χ0) is 21.0.